The molecule has 4 aromatic carbocycles. The average Bonchev–Trinajstić information content (AvgIpc) is 3.43. The number of fused-ring (bicyclic) bond motifs is 2. The molecule has 0 unspecified atom stereocenters. The SMILES string of the molecule is CC1=C[C@@H](c2c(O)cc(-c3cc4ccc(O)cc4o3)cc2O)[C@H](C(=O)c2ccc3c(c2O)C=CC(C)(C)O3)[C@H](c2ccc(O)cc2O)C1. The van der Waals surface area contributed by atoms with E-state index in [9.17, 15) is 35.4 Å². The molecule has 0 fully saturated rings. The number of allylic oxidation sites excluding steroid dienone is 2. The highest BCUT2D eigenvalue weighted by atomic mass is 16.5. The molecule has 9 heteroatoms. The largest absolute Gasteiger partial charge is 0.508 e. The summed E-state index contributed by atoms with van der Waals surface area (Å²) < 4.78 is 11.9. The molecule has 5 aromatic rings. The van der Waals surface area contributed by atoms with Gasteiger partial charge in [0.25, 0.3) is 0 Å². The predicted octanol–water partition coefficient (Wildman–Crippen LogP) is 8.23. The van der Waals surface area contributed by atoms with Gasteiger partial charge in [-0.3, -0.25) is 4.79 Å². The highest BCUT2D eigenvalue weighted by molar-refractivity contribution is 6.03. The third-order valence-electron chi connectivity index (χ3n) is 9.27. The molecule has 9 nitrogen and oxygen atoms in total. The van der Waals surface area contributed by atoms with Gasteiger partial charge in [-0.2, -0.15) is 0 Å². The Kier molecular flexibility index (Phi) is 7.16. The summed E-state index contributed by atoms with van der Waals surface area (Å²) in [5.74, 6) is -3.45. The van der Waals surface area contributed by atoms with Gasteiger partial charge in [-0.1, -0.05) is 17.7 Å². The Labute approximate surface area is 275 Å². The first-order valence-corrected chi connectivity index (χ1v) is 15.6. The zero-order valence-electron chi connectivity index (χ0n) is 26.4. The third kappa shape index (κ3) is 5.27. The summed E-state index contributed by atoms with van der Waals surface area (Å²) in [6, 6.07) is 16.6. The number of hydrogen-bond acceptors (Lipinski definition) is 9. The van der Waals surface area contributed by atoms with Crippen LogP contribution in [0, 0.1) is 5.92 Å². The third-order valence-corrected chi connectivity index (χ3v) is 9.27. The Bertz CT molecular complexity index is 2160. The van der Waals surface area contributed by atoms with Crippen molar-refractivity contribution in [3.8, 4) is 51.6 Å². The standard InChI is InChI=1S/C39H34O9/c1-19-12-27(24-7-6-22(40)17-29(24)42)35(38(46)26-8-9-32-25(37(26)45)10-11-39(2,3)48-32)28(13-19)36-30(43)14-21(15-31(36)44)33-16-20-4-5-23(41)18-34(20)47-33/h4-11,13-18,27-28,35,40-45H,12H2,1-3H3/t27-,28+,35+/m0/s1. The number of aromatic hydroxyl groups is 6. The van der Waals surface area contributed by atoms with E-state index >= 15 is 0 Å². The molecule has 244 valence electrons. The van der Waals surface area contributed by atoms with Crippen molar-refractivity contribution in [1.82, 2.24) is 0 Å². The molecule has 0 radical (unpaired) electrons. The fraction of sp³-hybridized carbons (Fsp3) is 0.205. The number of rotatable bonds is 5. The first-order chi connectivity index (χ1) is 22.8. The summed E-state index contributed by atoms with van der Waals surface area (Å²) in [6.07, 6.45) is 5.67. The van der Waals surface area contributed by atoms with Gasteiger partial charge in [-0.05, 0) is 93.4 Å². The average molecular weight is 647 g/mol. The molecule has 7 rings (SSSR count). The number of furan rings is 1. The fourth-order valence-electron chi connectivity index (χ4n) is 7.05. The molecular formula is C39H34O9. The number of benzene rings is 4. The lowest BCUT2D eigenvalue weighted by molar-refractivity contribution is 0.0876. The van der Waals surface area contributed by atoms with E-state index in [2.05, 4.69) is 0 Å². The second kappa shape index (κ2) is 11.2. The van der Waals surface area contributed by atoms with Gasteiger partial charge < -0.3 is 39.8 Å². The maximum absolute atomic E-state index is 14.7. The highest BCUT2D eigenvalue weighted by Gasteiger charge is 2.43. The zero-order chi connectivity index (χ0) is 34.1. The Balaban J connectivity index is 1.37. The van der Waals surface area contributed by atoms with Crippen molar-refractivity contribution in [2.75, 3.05) is 0 Å². The van der Waals surface area contributed by atoms with Gasteiger partial charge in [0.1, 0.15) is 57.2 Å². The molecule has 0 bridgehead atoms. The van der Waals surface area contributed by atoms with E-state index in [0.717, 1.165) is 5.57 Å². The van der Waals surface area contributed by atoms with Crippen molar-refractivity contribution in [1.29, 1.82) is 0 Å². The minimum Gasteiger partial charge on any atom is -0.508 e. The van der Waals surface area contributed by atoms with Crippen LogP contribution in [0.15, 0.2) is 88.9 Å². The molecular weight excluding hydrogens is 612 g/mol. The van der Waals surface area contributed by atoms with Crippen LogP contribution in [0.1, 0.15) is 66.1 Å². The van der Waals surface area contributed by atoms with E-state index in [1.54, 1.807) is 36.4 Å². The number of ketones is 1. The van der Waals surface area contributed by atoms with E-state index in [1.807, 2.05) is 26.8 Å². The van der Waals surface area contributed by atoms with Gasteiger partial charge in [0.05, 0.1) is 11.1 Å². The van der Waals surface area contributed by atoms with Gasteiger partial charge in [-0.25, -0.2) is 0 Å². The quantitative estimate of drug-likeness (QED) is 0.0816. The van der Waals surface area contributed by atoms with Gasteiger partial charge >= 0.3 is 0 Å². The first kappa shape index (κ1) is 30.8. The Morgan fingerprint density at radius 2 is 1.54 bits per heavy atom. The predicted molar refractivity (Wildman–Crippen MR) is 180 cm³/mol. The molecule has 0 amide bonds. The summed E-state index contributed by atoms with van der Waals surface area (Å²) in [7, 11) is 0. The number of hydrogen-bond donors (Lipinski definition) is 6. The summed E-state index contributed by atoms with van der Waals surface area (Å²) in [5, 5.41) is 66.1. The summed E-state index contributed by atoms with van der Waals surface area (Å²) in [6.45, 7) is 5.62. The monoisotopic (exact) mass is 646 g/mol. The van der Waals surface area contributed by atoms with Crippen molar-refractivity contribution >= 4 is 22.8 Å². The van der Waals surface area contributed by atoms with E-state index < -0.39 is 29.1 Å². The van der Waals surface area contributed by atoms with E-state index in [-0.39, 0.29) is 45.6 Å². The summed E-state index contributed by atoms with van der Waals surface area (Å²) >= 11 is 0. The lowest BCUT2D eigenvalue weighted by Crippen LogP contribution is -2.32. The lowest BCUT2D eigenvalue weighted by Gasteiger charge is -2.37. The lowest BCUT2D eigenvalue weighted by atomic mass is 9.65. The van der Waals surface area contributed by atoms with Crippen LogP contribution in [0.4, 0.5) is 0 Å². The van der Waals surface area contributed by atoms with Crippen molar-refractivity contribution in [3.63, 3.8) is 0 Å². The molecule has 1 aliphatic heterocycles. The van der Waals surface area contributed by atoms with Crippen LogP contribution in [0.5, 0.6) is 40.2 Å². The van der Waals surface area contributed by atoms with Crippen LogP contribution in [-0.2, 0) is 0 Å². The van der Waals surface area contributed by atoms with Crippen molar-refractivity contribution in [2.45, 2.75) is 44.6 Å². The number of carbonyl (C=O) groups is 1. The Morgan fingerprint density at radius 1 is 0.833 bits per heavy atom. The number of phenolic OH excluding ortho intramolecular Hbond substituents is 6. The number of ether oxygens (including phenoxy) is 1. The smallest absolute Gasteiger partial charge is 0.171 e. The Hall–Kier alpha value is -5.83. The summed E-state index contributed by atoms with van der Waals surface area (Å²) in [5.41, 5.74) is 1.91. The molecule has 2 aliphatic rings. The molecule has 0 spiro atoms. The number of phenols is 6. The molecule has 6 N–H and O–H groups in total. The fourth-order valence-corrected chi connectivity index (χ4v) is 7.05. The maximum atomic E-state index is 14.7. The van der Waals surface area contributed by atoms with Crippen molar-refractivity contribution in [3.05, 3.63) is 107 Å². The maximum Gasteiger partial charge on any atom is 0.171 e. The van der Waals surface area contributed by atoms with Gasteiger partial charge in [0, 0.05) is 46.4 Å². The van der Waals surface area contributed by atoms with Crippen LogP contribution in [0.3, 0.4) is 0 Å². The molecule has 1 aliphatic carbocycles. The molecule has 48 heavy (non-hydrogen) atoms. The Morgan fingerprint density at radius 3 is 2.27 bits per heavy atom. The van der Waals surface area contributed by atoms with Crippen molar-refractivity contribution < 1.29 is 44.6 Å². The minimum atomic E-state index is -1.02. The van der Waals surface area contributed by atoms with E-state index in [0.29, 0.717) is 45.6 Å². The van der Waals surface area contributed by atoms with E-state index in [4.69, 9.17) is 9.15 Å². The van der Waals surface area contributed by atoms with Crippen LogP contribution in [0.2, 0.25) is 0 Å². The second-order valence-electron chi connectivity index (χ2n) is 13.2. The molecule has 3 atom stereocenters. The van der Waals surface area contributed by atoms with Crippen LogP contribution < -0.4 is 4.74 Å². The molecule has 1 aromatic heterocycles. The molecule has 2 heterocycles. The van der Waals surface area contributed by atoms with Crippen molar-refractivity contribution in [2.24, 2.45) is 5.92 Å². The zero-order valence-corrected chi connectivity index (χ0v) is 26.4. The first-order valence-electron chi connectivity index (χ1n) is 15.6. The molecule has 0 saturated heterocycles. The molecule has 0 saturated carbocycles. The van der Waals surface area contributed by atoms with Gasteiger partial charge in [0.2, 0.25) is 0 Å². The minimum absolute atomic E-state index is 0.0223. The van der Waals surface area contributed by atoms with Crippen LogP contribution in [-0.4, -0.2) is 42.0 Å². The van der Waals surface area contributed by atoms with Gasteiger partial charge in [0.15, 0.2) is 5.78 Å². The van der Waals surface area contributed by atoms with Crippen LogP contribution >= 0.6 is 0 Å². The topological polar surface area (TPSA) is 161 Å². The number of carbonyl (C=O) groups excluding carboxylic acids is 1. The van der Waals surface area contributed by atoms with Crippen LogP contribution in [0.25, 0.3) is 28.4 Å². The number of Topliss-reactive ketones (excluding diaryl/α,β-unsaturated/α-hetero) is 1. The highest BCUT2D eigenvalue weighted by Crippen LogP contribution is 2.54. The van der Waals surface area contributed by atoms with Gasteiger partial charge in [-0.15, -0.1) is 0 Å². The van der Waals surface area contributed by atoms with E-state index in [1.165, 1.54) is 42.5 Å². The second-order valence-corrected chi connectivity index (χ2v) is 13.2. The summed E-state index contributed by atoms with van der Waals surface area (Å²) in [4.78, 5) is 14.7. The normalized spacial score (nSPS) is 19.8.